The number of benzene rings is 2. The fourth-order valence-corrected chi connectivity index (χ4v) is 3.85. The van der Waals surface area contributed by atoms with E-state index in [-0.39, 0.29) is 11.2 Å². The maximum Gasteiger partial charge on any atom is 0.237 e. The first-order valence-corrected chi connectivity index (χ1v) is 9.58. The lowest BCUT2D eigenvalue weighted by Gasteiger charge is -2.13. The zero-order chi connectivity index (χ0) is 19.0. The zero-order valence-electron chi connectivity index (χ0n) is 15.3. The first kappa shape index (κ1) is 17.5. The number of para-hydroxylation sites is 1. The standard InChI is InChI=1S/C21H19N3O2S/c1-12-8-9-16(13(2)10-12)24-20(25)14(3)27-21-19-18(22-11-23-21)15-6-4-5-7-17(15)26-19/h4-11,14H,1-3H3,(H,24,25)/t14-/m1/s1. The molecule has 1 atom stereocenters. The van der Waals surface area contributed by atoms with Crippen LogP contribution in [0, 0.1) is 13.8 Å². The maximum absolute atomic E-state index is 12.7. The Kier molecular flexibility index (Phi) is 4.58. The van der Waals surface area contributed by atoms with Gasteiger partial charge in [-0.25, -0.2) is 9.97 Å². The number of amides is 1. The van der Waals surface area contributed by atoms with E-state index in [0.717, 1.165) is 27.7 Å². The summed E-state index contributed by atoms with van der Waals surface area (Å²) in [7, 11) is 0. The van der Waals surface area contributed by atoms with Gasteiger partial charge in [-0.3, -0.25) is 4.79 Å². The van der Waals surface area contributed by atoms with Crippen molar-refractivity contribution in [3.8, 4) is 0 Å². The highest BCUT2D eigenvalue weighted by Crippen LogP contribution is 2.34. The highest BCUT2D eigenvalue weighted by atomic mass is 32.2. The van der Waals surface area contributed by atoms with Gasteiger partial charge in [-0.2, -0.15) is 0 Å². The van der Waals surface area contributed by atoms with Gasteiger partial charge in [0, 0.05) is 11.1 Å². The molecular weight excluding hydrogens is 358 g/mol. The molecule has 0 aliphatic heterocycles. The predicted molar refractivity (Wildman–Crippen MR) is 109 cm³/mol. The molecule has 0 saturated carbocycles. The number of aryl methyl sites for hydroxylation is 2. The summed E-state index contributed by atoms with van der Waals surface area (Å²) in [5.74, 6) is -0.0742. The number of hydrogen-bond acceptors (Lipinski definition) is 5. The summed E-state index contributed by atoms with van der Waals surface area (Å²) in [4.78, 5) is 21.3. The molecule has 4 rings (SSSR count). The van der Waals surface area contributed by atoms with E-state index in [4.69, 9.17) is 4.42 Å². The molecule has 0 saturated heterocycles. The molecular formula is C21H19N3O2S. The lowest BCUT2D eigenvalue weighted by Crippen LogP contribution is -2.23. The second-order valence-electron chi connectivity index (χ2n) is 6.52. The summed E-state index contributed by atoms with van der Waals surface area (Å²) in [6.07, 6.45) is 1.52. The number of rotatable bonds is 4. The van der Waals surface area contributed by atoms with E-state index < -0.39 is 0 Å². The second kappa shape index (κ2) is 7.04. The van der Waals surface area contributed by atoms with Crippen molar-refractivity contribution in [2.45, 2.75) is 31.0 Å². The van der Waals surface area contributed by atoms with Gasteiger partial charge >= 0.3 is 0 Å². The predicted octanol–water partition coefficient (Wildman–Crippen LogP) is 5.11. The Morgan fingerprint density at radius 3 is 2.78 bits per heavy atom. The van der Waals surface area contributed by atoms with E-state index >= 15 is 0 Å². The Balaban J connectivity index is 1.59. The topological polar surface area (TPSA) is 68.0 Å². The highest BCUT2D eigenvalue weighted by molar-refractivity contribution is 8.00. The van der Waals surface area contributed by atoms with Crippen molar-refractivity contribution in [3.63, 3.8) is 0 Å². The summed E-state index contributed by atoms with van der Waals surface area (Å²) in [6, 6.07) is 13.7. The maximum atomic E-state index is 12.7. The molecule has 0 aliphatic rings. The molecule has 0 bridgehead atoms. The minimum Gasteiger partial charge on any atom is -0.451 e. The lowest BCUT2D eigenvalue weighted by molar-refractivity contribution is -0.115. The van der Waals surface area contributed by atoms with E-state index in [2.05, 4.69) is 21.4 Å². The third-order valence-electron chi connectivity index (χ3n) is 4.42. The Bertz CT molecular complexity index is 1150. The summed E-state index contributed by atoms with van der Waals surface area (Å²) < 4.78 is 5.94. The molecule has 0 spiro atoms. The zero-order valence-corrected chi connectivity index (χ0v) is 16.1. The number of anilines is 1. The second-order valence-corrected chi connectivity index (χ2v) is 7.85. The van der Waals surface area contributed by atoms with Gasteiger partial charge in [-0.05, 0) is 44.5 Å². The average molecular weight is 377 g/mol. The fourth-order valence-electron chi connectivity index (χ4n) is 3.00. The number of furan rings is 1. The van der Waals surface area contributed by atoms with Gasteiger partial charge < -0.3 is 9.73 Å². The normalized spacial score (nSPS) is 12.4. The van der Waals surface area contributed by atoms with Crippen LogP contribution in [0.1, 0.15) is 18.1 Å². The third kappa shape index (κ3) is 3.40. The van der Waals surface area contributed by atoms with Crippen molar-refractivity contribution in [2.75, 3.05) is 5.32 Å². The monoisotopic (exact) mass is 377 g/mol. The van der Waals surface area contributed by atoms with E-state index in [9.17, 15) is 4.79 Å². The van der Waals surface area contributed by atoms with Crippen LogP contribution in [0.2, 0.25) is 0 Å². The summed E-state index contributed by atoms with van der Waals surface area (Å²) in [5.41, 5.74) is 5.19. The molecule has 0 aliphatic carbocycles. The quantitative estimate of drug-likeness (QED) is 0.395. The largest absolute Gasteiger partial charge is 0.451 e. The molecule has 0 unspecified atom stereocenters. The third-order valence-corrected chi connectivity index (χ3v) is 5.50. The molecule has 136 valence electrons. The number of nitrogens with one attached hydrogen (secondary N) is 1. The van der Waals surface area contributed by atoms with Crippen molar-refractivity contribution in [1.82, 2.24) is 9.97 Å². The molecule has 1 amide bonds. The van der Waals surface area contributed by atoms with Gasteiger partial charge in [0.05, 0.1) is 5.25 Å². The van der Waals surface area contributed by atoms with Crippen LogP contribution in [-0.2, 0) is 4.79 Å². The minimum absolute atomic E-state index is 0.0742. The number of carbonyl (C=O) groups excluding carboxylic acids is 1. The van der Waals surface area contributed by atoms with Gasteiger partial charge in [0.15, 0.2) is 5.58 Å². The number of carbonyl (C=O) groups is 1. The Morgan fingerprint density at radius 2 is 1.96 bits per heavy atom. The van der Waals surface area contributed by atoms with Gasteiger partial charge in [0.1, 0.15) is 22.5 Å². The van der Waals surface area contributed by atoms with Crippen molar-refractivity contribution in [1.29, 1.82) is 0 Å². The van der Waals surface area contributed by atoms with Crippen molar-refractivity contribution in [2.24, 2.45) is 0 Å². The Labute approximate surface area is 161 Å². The Morgan fingerprint density at radius 1 is 1.15 bits per heavy atom. The summed E-state index contributed by atoms with van der Waals surface area (Å²) >= 11 is 1.37. The van der Waals surface area contributed by atoms with Crippen LogP contribution < -0.4 is 5.32 Å². The number of hydrogen-bond donors (Lipinski definition) is 1. The van der Waals surface area contributed by atoms with Crippen molar-refractivity contribution in [3.05, 3.63) is 59.9 Å². The van der Waals surface area contributed by atoms with Gasteiger partial charge in [0.2, 0.25) is 5.91 Å². The SMILES string of the molecule is Cc1ccc(NC(=O)[C@@H](C)Sc2ncnc3c2oc2ccccc23)c(C)c1. The van der Waals surface area contributed by atoms with Crippen LogP contribution in [0.15, 0.2) is 58.2 Å². The van der Waals surface area contributed by atoms with Crippen LogP contribution >= 0.6 is 11.8 Å². The molecule has 2 aromatic heterocycles. The van der Waals surface area contributed by atoms with Crippen molar-refractivity contribution < 1.29 is 9.21 Å². The molecule has 0 fully saturated rings. The number of aromatic nitrogens is 2. The van der Waals surface area contributed by atoms with Gasteiger partial charge in [-0.15, -0.1) is 0 Å². The minimum atomic E-state index is -0.336. The van der Waals surface area contributed by atoms with Crippen LogP contribution in [0.3, 0.4) is 0 Å². The van der Waals surface area contributed by atoms with Crippen molar-refractivity contribution >= 4 is 45.4 Å². The van der Waals surface area contributed by atoms with Crippen LogP contribution in [-0.4, -0.2) is 21.1 Å². The highest BCUT2D eigenvalue weighted by Gasteiger charge is 2.20. The first-order valence-electron chi connectivity index (χ1n) is 8.70. The first-order chi connectivity index (χ1) is 13.0. The van der Waals surface area contributed by atoms with Crippen LogP contribution in [0.5, 0.6) is 0 Å². The Hall–Kier alpha value is -2.86. The molecule has 27 heavy (non-hydrogen) atoms. The molecule has 2 aromatic carbocycles. The van der Waals surface area contributed by atoms with Gasteiger partial charge in [-0.1, -0.05) is 41.6 Å². The summed E-state index contributed by atoms with van der Waals surface area (Å²) in [5, 5.41) is 4.28. The average Bonchev–Trinajstić information content (AvgIpc) is 3.04. The number of nitrogens with zero attached hydrogens (tertiary/aromatic N) is 2. The fraction of sp³-hybridized carbons (Fsp3) is 0.190. The molecule has 1 N–H and O–H groups in total. The molecule has 6 heteroatoms. The molecule has 0 radical (unpaired) electrons. The summed E-state index contributed by atoms with van der Waals surface area (Å²) in [6.45, 7) is 5.88. The number of thioether (sulfide) groups is 1. The molecule has 2 heterocycles. The van der Waals surface area contributed by atoms with E-state index in [0.29, 0.717) is 10.6 Å². The van der Waals surface area contributed by atoms with Crippen LogP contribution in [0.4, 0.5) is 5.69 Å². The number of fused-ring (bicyclic) bond motifs is 3. The molecule has 5 nitrogen and oxygen atoms in total. The van der Waals surface area contributed by atoms with E-state index in [1.807, 2.05) is 57.2 Å². The molecule has 4 aromatic rings. The smallest absolute Gasteiger partial charge is 0.237 e. The lowest BCUT2D eigenvalue weighted by atomic mass is 10.1. The van der Waals surface area contributed by atoms with E-state index in [1.54, 1.807) is 0 Å². The van der Waals surface area contributed by atoms with E-state index in [1.165, 1.54) is 23.7 Å². The van der Waals surface area contributed by atoms with Crippen LogP contribution in [0.25, 0.3) is 22.1 Å². The van der Waals surface area contributed by atoms with Gasteiger partial charge in [0.25, 0.3) is 0 Å².